The third-order valence-electron chi connectivity index (χ3n) is 2.11. The minimum Gasteiger partial charge on any atom is -0.465 e. The van der Waals surface area contributed by atoms with Crippen LogP contribution in [0.2, 0.25) is 0 Å². The summed E-state index contributed by atoms with van der Waals surface area (Å²) in [6.45, 7) is 3.89. The number of thiophene rings is 1. The van der Waals surface area contributed by atoms with E-state index in [2.05, 4.69) is 4.74 Å². The highest BCUT2D eigenvalue weighted by Crippen LogP contribution is 2.31. The first-order valence-corrected chi connectivity index (χ1v) is 5.72. The molecule has 0 aliphatic rings. The lowest BCUT2D eigenvalue weighted by Gasteiger charge is -1.95. The van der Waals surface area contributed by atoms with E-state index in [1.807, 2.05) is 32.1 Å². The molecule has 1 rings (SSSR count). The van der Waals surface area contributed by atoms with Gasteiger partial charge in [0.2, 0.25) is 0 Å². The Morgan fingerprint density at radius 2 is 2.19 bits per heavy atom. The fraction of sp³-hybridized carbons (Fsp3) is 0.250. The summed E-state index contributed by atoms with van der Waals surface area (Å²) in [4.78, 5) is 12.4. The van der Waals surface area contributed by atoms with E-state index in [0.29, 0.717) is 10.6 Å². The lowest BCUT2D eigenvalue weighted by molar-refractivity contribution is 0.0602. The standard InChI is InChI=1S/C12H15NO2S/c1-4-6-8(5-2)10-7-9(11(13)16-10)12(14)15-3/h4-7H,13H2,1-3H3/b6-4-,8-5+. The average Bonchev–Trinajstić information content (AvgIpc) is 2.67. The summed E-state index contributed by atoms with van der Waals surface area (Å²) < 4.78 is 4.65. The Morgan fingerprint density at radius 3 is 2.69 bits per heavy atom. The van der Waals surface area contributed by atoms with E-state index in [1.165, 1.54) is 18.4 Å². The summed E-state index contributed by atoms with van der Waals surface area (Å²) in [6, 6.07) is 1.77. The van der Waals surface area contributed by atoms with E-state index in [-0.39, 0.29) is 0 Å². The molecule has 0 spiro atoms. The molecule has 0 aliphatic carbocycles. The van der Waals surface area contributed by atoms with Crippen molar-refractivity contribution in [1.29, 1.82) is 0 Å². The molecule has 16 heavy (non-hydrogen) atoms. The monoisotopic (exact) mass is 237 g/mol. The summed E-state index contributed by atoms with van der Waals surface area (Å²) in [5, 5.41) is 0.491. The second-order valence-electron chi connectivity index (χ2n) is 3.12. The van der Waals surface area contributed by atoms with Crippen LogP contribution in [-0.2, 0) is 4.74 Å². The lowest BCUT2D eigenvalue weighted by Crippen LogP contribution is -2.01. The van der Waals surface area contributed by atoms with E-state index >= 15 is 0 Å². The van der Waals surface area contributed by atoms with Crippen LogP contribution in [0.4, 0.5) is 5.00 Å². The summed E-state index contributed by atoms with van der Waals surface area (Å²) in [5.41, 5.74) is 7.26. The Hall–Kier alpha value is -1.55. The number of carbonyl (C=O) groups excluding carboxylic acids is 1. The van der Waals surface area contributed by atoms with Crippen LogP contribution in [0.3, 0.4) is 0 Å². The van der Waals surface area contributed by atoms with Gasteiger partial charge in [0.15, 0.2) is 0 Å². The first-order chi connectivity index (χ1) is 7.63. The van der Waals surface area contributed by atoms with Gasteiger partial charge >= 0.3 is 5.97 Å². The molecule has 86 valence electrons. The van der Waals surface area contributed by atoms with Crippen molar-refractivity contribution in [1.82, 2.24) is 0 Å². The smallest absolute Gasteiger partial charge is 0.340 e. The number of anilines is 1. The van der Waals surface area contributed by atoms with Gasteiger partial charge in [0.1, 0.15) is 5.00 Å². The zero-order valence-electron chi connectivity index (χ0n) is 9.61. The Labute approximate surface area is 99.2 Å². The molecule has 0 radical (unpaired) electrons. The fourth-order valence-electron chi connectivity index (χ4n) is 1.32. The van der Waals surface area contributed by atoms with Crippen molar-refractivity contribution >= 4 is 27.9 Å². The molecule has 4 heteroatoms. The van der Waals surface area contributed by atoms with Gasteiger partial charge in [-0.15, -0.1) is 11.3 Å². The van der Waals surface area contributed by atoms with Crippen LogP contribution in [-0.4, -0.2) is 13.1 Å². The van der Waals surface area contributed by atoms with Gasteiger partial charge < -0.3 is 10.5 Å². The first-order valence-electron chi connectivity index (χ1n) is 4.91. The summed E-state index contributed by atoms with van der Waals surface area (Å²) in [6.07, 6.45) is 5.90. The SMILES string of the molecule is C/C=C\C(=C/C)c1cc(C(=O)OC)c(N)s1. The minimum atomic E-state index is -0.393. The highest BCUT2D eigenvalue weighted by molar-refractivity contribution is 7.17. The van der Waals surface area contributed by atoms with Crippen molar-refractivity contribution in [2.45, 2.75) is 13.8 Å². The second-order valence-corrected chi connectivity index (χ2v) is 4.21. The molecule has 0 aromatic carbocycles. The number of ether oxygens (including phenoxy) is 1. The second kappa shape index (κ2) is 5.51. The van der Waals surface area contributed by atoms with Crippen LogP contribution < -0.4 is 5.73 Å². The van der Waals surface area contributed by atoms with E-state index in [9.17, 15) is 4.79 Å². The van der Waals surface area contributed by atoms with Crippen molar-refractivity contribution in [2.24, 2.45) is 0 Å². The molecule has 2 N–H and O–H groups in total. The van der Waals surface area contributed by atoms with Gasteiger partial charge in [-0.05, 0) is 25.5 Å². The molecule has 1 heterocycles. The van der Waals surface area contributed by atoms with Crippen LogP contribution in [0, 0.1) is 0 Å². The van der Waals surface area contributed by atoms with Crippen LogP contribution in [0.5, 0.6) is 0 Å². The maximum Gasteiger partial charge on any atom is 0.340 e. The van der Waals surface area contributed by atoms with Gasteiger partial charge in [-0.1, -0.05) is 18.2 Å². The number of rotatable bonds is 3. The van der Waals surface area contributed by atoms with Gasteiger partial charge in [0, 0.05) is 4.88 Å². The van der Waals surface area contributed by atoms with Crippen molar-refractivity contribution in [3.8, 4) is 0 Å². The summed E-state index contributed by atoms with van der Waals surface area (Å²) in [7, 11) is 1.35. The molecule has 3 nitrogen and oxygen atoms in total. The number of methoxy groups -OCH3 is 1. The quantitative estimate of drug-likeness (QED) is 0.649. The minimum absolute atomic E-state index is 0.393. The van der Waals surface area contributed by atoms with Crippen LogP contribution in [0.25, 0.3) is 5.57 Å². The molecule has 0 fully saturated rings. The van der Waals surface area contributed by atoms with Crippen molar-refractivity contribution in [3.63, 3.8) is 0 Å². The number of allylic oxidation sites excluding steroid dienone is 4. The number of nitrogens with two attached hydrogens (primary N) is 1. The molecular weight excluding hydrogens is 222 g/mol. The highest BCUT2D eigenvalue weighted by atomic mass is 32.1. The number of nitrogen functional groups attached to an aromatic ring is 1. The third-order valence-corrected chi connectivity index (χ3v) is 3.12. The number of esters is 1. The lowest BCUT2D eigenvalue weighted by atomic mass is 10.1. The molecule has 0 bridgehead atoms. The topological polar surface area (TPSA) is 52.3 Å². The van der Waals surface area contributed by atoms with Crippen LogP contribution >= 0.6 is 11.3 Å². The fourth-order valence-corrected chi connectivity index (χ4v) is 2.29. The Morgan fingerprint density at radius 1 is 1.50 bits per heavy atom. The van der Waals surface area contributed by atoms with Gasteiger partial charge in [-0.25, -0.2) is 4.79 Å². The molecule has 0 atom stereocenters. The molecule has 1 aromatic heterocycles. The average molecular weight is 237 g/mol. The Balaban J connectivity index is 3.14. The third kappa shape index (κ3) is 2.52. The molecule has 0 saturated heterocycles. The normalized spacial score (nSPS) is 12.1. The Bertz CT molecular complexity index is 444. The van der Waals surface area contributed by atoms with Gasteiger partial charge in [-0.2, -0.15) is 0 Å². The molecular formula is C12H15NO2S. The molecule has 1 aromatic rings. The van der Waals surface area contributed by atoms with Gasteiger partial charge in [0.05, 0.1) is 12.7 Å². The highest BCUT2D eigenvalue weighted by Gasteiger charge is 2.15. The zero-order chi connectivity index (χ0) is 12.1. The molecule has 0 aliphatic heterocycles. The van der Waals surface area contributed by atoms with Crippen LogP contribution in [0.1, 0.15) is 29.1 Å². The number of hydrogen-bond donors (Lipinski definition) is 1. The Kier molecular flexibility index (Phi) is 4.31. The largest absolute Gasteiger partial charge is 0.465 e. The number of carbonyl (C=O) groups is 1. The van der Waals surface area contributed by atoms with E-state index in [4.69, 9.17) is 5.73 Å². The zero-order valence-corrected chi connectivity index (χ0v) is 10.4. The van der Waals surface area contributed by atoms with Crippen molar-refractivity contribution in [3.05, 3.63) is 34.7 Å². The molecule has 0 amide bonds. The summed E-state index contributed by atoms with van der Waals surface area (Å²) in [5.74, 6) is -0.393. The van der Waals surface area contributed by atoms with Crippen molar-refractivity contribution in [2.75, 3.05) is 12.8 Å². The van der Waals surface area contributed by atoms with Crippen LogP contribution in [0.15, 0.2) is 24.3 Å². The summed E-state index contributed by atoms with van der Waals surface area (Å²) >= 11 is 1.39. The predicted octanol–water partition coefficient (Wildman–Crippen LogP) is 3.10. The van der Waals surface area contributed by atoms with Gasteiger partial charge in [-0.3, -0.25) is 0 Å². The van der Waals surface area contributed by atoms with E-state index in [1.54, 1.807) is 6.07 Å². The van der Waals surface area contributed by atoms with E-state index in [0.717, 1.165) is 10.5 Å². The maximum atomic E-state index is 11.4. The molecule has 0 unspecified atom stereocenters. The maximum absolute atomic E-state index is 11.4. The van der Waals surface area contributed by atoms with E-state index < -0.39 is 5.97 Å². The molecule has 0 saturated carbocycles. The van der Waals surface area contributed by atoms with Gasteiger partial charge in [0.25, 0.3) is 0 Å². The van der Waals surface area contributed by atoms with Crippen molar-refractivity contribution < 1.29 is 9.53 Å². The first kappa shape index (κ1) is 12.5. The number of hydrogen-bond acceptors (Lipinski definition) is 4. The predicted molar refractivity (Wildman–Crippen MR) is 68.5 cm³/mol.